The van der Waals surface area contributed by atoms with Gasteiger partial charge in [-0.15, -0.1) is 0 Å². The Labute approximate surface area is 211 Å². The van der Waals surface area contributed by atoms with Crippen molar-refractivity contribution < 1.29 is 23.2 Å². The highest BCUT2D eigenvalue weighted by Gasteiger charge is 2.37. The van der Waals surface area contributed by atoms with Crippen molar-refractivity contribution in [3.05, 3.63) is 77.1 Å². The fourth-order valence-electron chi connectivity index (χ4n) is 4.73. The highest BCUT2D eigenvalue weighted by atomic mass is 16.3. The molecule has 2 N–H and O–H groups in total. The molecule has 190 valence electrons. The van der Waals surface area contributed by atoms with Crippen molar-refractivity contribution in [3.63, 3.8) is 0 Å². The first kappa shape index (κ1) is 25.3. The SMILES string of the molecule is Cc1ccc(N(C(=O)CNC(=O)c2ccco2)C(C(=O)NC2CCCCC2)c2ccc(C)o2)c(C)c1. The average Bonchev–Trinajstić information content (AvgIpc) is 3.54. The molecule has 0 spiro atoms. The second-order valence-corrected chi connectivity index (χ2v) is 9.41. The first-order valence-corrected chi connectivity index (χ1v) is 12.4. The lowest BCUT2D eigenvalue weighted by molar-refractivity contribution is -0.127. The number of hydrogen-bond acceptors (Lipinski definition) is 5. The summed E-state index contributed by atoms with van der Waals surface area (Å²) in [5.41, 5.74) is 2.45. The summed E-state index contributed by atoms with van der Waals surface area (Å²) in [6.07, 6.45) is 6.50. The van der Waals surface area contributed by atoms with Gasteiger partial charge in [0.05, 0.1) is 12.8 Å². The van der Waals surface area contributed by atoms with E-state index in [0.717, 1.165) is 43.2 Å². The van der Waals surface area contributed by atoms with Crippen LogP contribution in [-0.4, -0.2) is 30.3 Å². The molecule has 1 saturated carbocycles. The lowest BCUT2D eigenvalue weighted by Gasteiger charge is -2.33. The number of nitrogens with one attached hydrogen (secondary N) is 2. The third kappa shape index (κ3) is 5.87. The van der Waals surface area contributed by atoms with E-state index in [1.54, 1.807) is 25.1 Å². The van der Waals surface area contributed by atoms with E-state index in [2.05, 4.69) is 10.6 Å². The molecule has 8 heteroatoms. The smallest absolute Gasteiger partial charge is 0.287 e. The van der Waals surface area contributed by atoms with Crippen molar-refractivity contribution in [2.75, 3.05) is 11.4 Å². The topological polar surface area (TPSA) is 105 Å². The van der Waals surface area contributed by atoms with Gasteiger partial charge in [0, 0.05) is 11.7 Å². The molecular weight excluding hydrogens is 458 g/mol. The van der Waals surface area contributed by atoms with Crippen molar-refractivity contribution in [2.24, 2.45) is 0 Å². The van der Waals surface area contributed by atoms with Gasteiger partial charge in [-0.3, -0.25) is 19.3 Å². The number of rotatable bonds is 8. The van der Waals surface area contributed by atoms with Crippen molar-refractivity contribution in [3.8, 4) is 0 Å². The minimum atomic E-state index is -1.03. The fourth-order valence-corrected chi connectivity index (χ4v) is 4.73. The Morgan fingerprint density at radius 3 is 2.44 bits per heavy atom. The van der Waals surface area contributed by atoms with Crippen LogP contribution in [0.15, 0.2) is 57.6 Å². The Bertz CT molecular complexity index is 1210. The Hall–Kier alpha value is -3.81. The summed E-state index contributed by atoms with van der Waals surface area (Å²) in [5, 5.41) is 5.77. The van der Waals surface area contributed by atoms with E-state index in [1.807, 2.05) is 32.0 Å². The molecule has 1 atom stereocenters. The van der Waals surface area contributed by atoms with Crippen LogP contribution in [0, 0.1) is 20.8 Å². The van der Waals surface area contributed by atoms with Crippen LogP contribution in [0.4, 0.5) is 5.69 Å². The van der Waals surface area contributed by atoms with Crippen molar-refractivity contribution >= 4 is 23.4 Å². The molecule has 2 aromatic heterocycles. The lowest BCUT2D eigenvalue weighted by Crippen LogP contribution is -2.49. The van der Waals surface area contributed by atoms with Gasteiger partial charge in [-0.1, -0.05) is 37.0 Å². The number of aryl methyl sites for hydroxylation is 3. The molecule has 1 fully saturated rings. The Morgan fingerprint density at radius 2 is 1.81 bits per heavy atom. The van der Waals surface area contributed by atoms with Crippen LogP contribution in [-0.2, 0) is 9.59 Å². The molecule has 8 nitrogen and oxygen atoms in total. The van der Waals surface area contributed by atoms with E-state index in [0.29, 0.717) is 17.2 Å². The maximum Gasteiger partial charge on any atom is 0.287 e. The molecular formula is C28H33N3O5. The van der Waals surface area contributed by atoms with Crippen LogP contribution in [0.25, 0.3) is 0 Å². The van der Waals surface area contributed by atoms with Crippen LogP contribution in [0.1, 0.15) is 71.3 Å². The third-order valence-corrected chi connectivity index (χ3v) is 6.51. The molecule has 0 saturated heterocycles. The summed E-state index contributed by atoms with van der Waals surface area (Å²) in [6.45, 7) is 5.34. The summed E-state index contributed by atoms with van der Waals surface area (Å²) in [7, 11) is 0. The number of amides is 3. The number of hydrogen-bond donors (Lipinski definition) is 2. The van der Waals surface area contributed by atoms with Gasteiger partial charge in [0.2, 0.25) is 5.91 Å². The van der Waals surface area contributed by atoms with E-state index in [1.165, 1.54) is 17.2 Å². The lowest BCUT2D eigenvalue weighted by atomic mass is 9.95. The summed E-state index contributed by atoms with van der Waals surface area (Å²) in [6, 6.07) is 11.3. The highest BCUT2D eigenvalue weighted by molar-refractivity contribution is 6.04. The summed E-state index contributed by atoms with van der Waals surface area (Å²) in [4.78, 5) is 41.4. The maximum atomic E-state index is 13.8. The maximum absolute atomic E-state index is 13.8. The molecule has 1 unspecified atom stereocenters. The zero-order valence-corrected chi connectivity index (χ0v) is 21.0. The predicted molar refractivity (Wildman–Crippen MR) is 136 cm³/mol. The van der Waals surface area contributed by atoms with E-state index < -0.39 is 17.9 Å². The molecule has 2 heterocycles. The number of anilines is 1. The first-order valence-electron chi connectivity index (χ1n) is 12.4. The van der Waals surface area contributed by atoms with Crippen molar-refractivity contribution in [2.45, 2.75) is 65.0 Å². The van der Waals surface area contributed by atoms with Crippen LogP contribution in [0.2, 0.25) is 0 Å². The number of benzene rings is 1. The predicted octanol–water partition coefficient (Wildman–Crippen LogP) is 4.75. The second-order valence-electron chi connectivity index (χ2n) is 9.41. The van der Waals surface area contributed by atoms with Gasteiger partial charge < -0.3 is 19.5 Å². The molecule has 0 bridgehead atoms. The number of furan rings is 2. The fraction of sp³-hybridized carbons (Fsp3) is 0.393. The van der Waals surface area contributed by atoms with Crippen molar-refractivity contribution in [1.82, 2.24) is 10.6 Å². The average molecular weight is 492 g/mol. The number of nitrogens with zero attached hydrogens (tertiary/aromatic N) is 1. The summed E-state index contributed by atoms with van der Waals surface area (Å²) < 4.78 is 11.0. The minimum absolute atomic E-state index is 0.0551. The van der Waals surface area contributed by atoms with E-state index in [9.17, 15) is 14.4 Å². The normalized spacial score (nSPS) is 14.8. The van der Waals surface area contributed by atoms with Gasteiger partial charge in [-0.05, 0) is 69.5 Å². The molecule has 0 radical (unpaired) electrons. The summed E-state index contributed by atoms with van der Waals surface area (Å²) in [5.74, 6) is -0.146. The molecule has 1 aliphatic carbocycles. The van der Waals surface area contributed by atoms with Crippen LogP contribution >= 0.6 is 0 Å². The monoisotopic (exact) mass is 491 g/mol. The van der Waals surface area contributed by atoms with Gasteiger partial charge in [-0.2, -0.15) is 0 Å². The molecule has 36 heavy (non-hydrogen) atoms. The van der Waals surface area contributed by atoms with Crippen LogP contribution in [0.5, 0.6) is 0 Å². The molecule has 1 aliphatic rings. The highest BCUT2D eigenvalue weighted by Crippen LogP contribution is 2.32. The standard InChI is InChI=1S/C28H33N3O5/c1-18-11-13-22(19(2)16-18)31(25(32)17-29-27(33)24-10-7-15-35-24)26(23-14-12-20(3)36-23)28(34)30-21-8-5-4-6-9-21/h7,10-16,21,26H,4-6,8-9,17H2,1-3H3,(H,29,33)(H,30,34). The van der Waals surface area contributed by atoms with E-state index >= 15 is 0 Å². The molecule has 3 aromatic rings. The minimum Gasteiger partial charge on any atom is -0.464 e. The van der Waals surface area contributed by atoms with Crippen LogP contribution < -0.4 is 15.5 Å². The van der Waals surface area contributed by atoms with Gasteiger partial charge in [0.15, 0.2) is 11.8 Å². The number of carbonyl (C=O) groups excluding carboxylic acids is 3. The van der Waals surface area contributed by atoms with Gasteiger partial charge in [0.25, 0.3) is 11.8 Å². The Kier molecular flexibility index (Phi) is 7.93. The van der Waals surface area contributed by atoms with E-state index in [-0.39, 0.29) is 24.3 Å². The molecule has 1 aromatic carbocycles. The molecule has 3 amide bonds. The molecule has 0 aliphatic heterocycles. The van der Waals surface area contributed by atoms with Gasteiger partial charge in [0.1, 0.15) is 11.5 Å². The Morgan fingerprint density at radius 1 is 1.03 bits per heavy atom. The number of carbonyl (C=O) groups is 3. The van der Waals surface area contributed by atoms with Crippen LogP contribution in [0.3, 0.4) is 0 Å². The van der Waals surface area contributed by atoms with Gasteiger partial charge in [-0.25, -0.2) is 0 Å². The third-order valence-electron chi connectivity index (χ3n) is 6.51. The zero-order chi connectivity index (χ0) is 25.7. The Balaban J connectivity index is 1.69. The second kappa shape index (κ2) is 11.3. The largest absolute Gasteiger partial charge is 0.464 e. The van der Waals surface area contributed by atoms with Gasteiger partial charge >= 0.3 is 0 Å². The quantitative estimate of drug-likeness (QED) is 0.473. The summed E-state index contributed by atoms with van der Waals surface area (Å²) >= 11 is 0. The molecule has 4 rings (SSSR count). The first-order chi connectivity index (χ1) is 17.3. The van der Waals surface area contributed by atoms with E-state index in [4.69, 9.17) is 8.83 Å². The van der Waals surface area contributed by atoms with Crippen molar-refractivity contribution in [1.29, 1.82) is 0 Å². The zero-order valence-electron chi connectivity index (χ0n) is 21.0.